The van der Waals surface area contributed by atoms with Gasteiger partial charge in [-0.2, -0.15) is 0 Å². The van der Waals surface area contributed by atoms with Crippen LogP contribution in [0.2, 0.25) is 0 Å². The lowest BCUT2D eigenvalue weighted by atomic mass is 10.1. The van der Waals surface area contributed by atoms with Gasteiger partial charge >= 0.3 is 0 Å². The van der Waals surface area contributed by atoms with Crippen LogP contribution in [0.5, 0.6) is 0 Å². The van der Waals surface area contributed by atoms with Crippen molar-refractivity contribution in [3.05, 3.63) is 58.9 Å². The van der Waals surface area contributed by atoms with Crippen LogP contribution in [0, 0.1) is 13.8 Å². The van der Waals surface area contributed by atoms with Crippen molar-refractivity contribution in [2.24, 2.45) is 0 Å². The maximum absolute atomic E-state index is 12.1. The van der Waals surface area contributed by atoms with Crippen LogP contribution in [0.3, 0.4) is 0 Å². The number of furan rings is 1. The predicted octanol–water partition coefficient (Wildman–Crippen LogP) is 4.27. The summed E-state index contributed by atoms with van der Waals surface area (Å²) >= 11 is 1.41. The number of carbonyl (C=O) groups is 1. The third kappa shape index (κ3) is 2.87. The van der Waals surface area contributed by atoms with Gasteiger partial charge in [0.05, 0.1) is 17.5 Å². The summed E-state index contributed by atoms with van der Waals surface area (Å²) in [6.45, 7) is 3.80. The van der Waals surface area contributed by atoms with Crippen LogP contribution in [0.15, 0.2) is 46.4 Å². The normalized spacial score (nSPS) is 10.6. The Labute approximate surface area is 126 Å². The Hall–Kier alpha value is -2.40. The van der Waals surface area contributed by atoms with Gasteiger partial charge in [-0.1, -0.05) is 29.8 Å². The summed E-state index contributed by atoms with van der Waals surface area (Å²) in [7, 11) is 0. The highest BCUT2D eigenvalue weighted by atomic mass is 32.1. The molecule has 0 aliphatic heterocycles. The third-order valence-corrected chi connectivity index (χ3v) is 3.93. The number of anilines is 1. The van der Waals surface area contributed by atoms with Crippen LogP contribution >= 0.6 is 11.3 Å². The standard InChI is InChI=1S/C16H14N2O2S/c1-10-3-5-12(6-4-10)14-9-21-16(17-14)18-15(19)13-7-8-20-11(13)2/h3-9H,1-2H3,(H,17,18,19). The quantitative estimate of drug-likeness (QED) is 0.785. The van der Waals surface area contributed by atoms with Crippen molar-refractivity contribution in [3.63, 3.8) is 0 Å². The number of carbonyl (C=O) groups excluding carboxylic acids is 1. The van der Waals surface area contributed by atoms with Crippen molar-refractivity contribution in [3.8, 4) is 11.3 Å². The minimum absolute atomic E-state index is 0.203. The number of rotatable bonds is 3. The van der Waals surface area contributed by atoms with Crippen LogP contribution in [0.4, 0.5) is 5.13 Å². The van der Waals surface area contributed by atoms with Gasteiger partial charge in [-0.3, -0.25) is 10.1 Å². The molecule has 1 aromatic carbocycles. The molecule has 0 fully saturated rings. The SMILES string of the molecule is Cc1ccc(-c2csc(NC(=O)c3ccoc3C)n2)cc1. The van der Waals surface area contributed by atoms with Crippen molar-refractivity contribution in [1.29, 1.82) is 0 Å². The molecule has 4 nitrogen and oxygen atoms in total. The first-order chi connectivity index (χ1) is 10.1. The lowest BCUT2D eigenvalue weighted by molar-refractivity contribution is 0.102. The average molecular weight is 298 g/mol. The van der Waals surface area contributed by atoms with E-state index in [1.807, 2.05) is 36.6 Å². The number of aromatic nitrogens is 1. The van der Waals surface area contributed by atoms with E-state index in [1.54, 1.807) is 13.0 Å². The number of thiazole rings is 1. The molecule has 1 N–H and O–H groups in total. The second-order valence-electron chi connectivity index (χ2n) is 4.75. The van der Waals surface area contributed by atoms with Gasteiger partial charge in [-0.25, -0.2) is 4.98 Å². The van der Waals surface area contributed by atoms with E-state index in [0.29, 0.717) is 16.5 Å². The van der Waals surface area contributed by atoms with Gasteiger partial charge in [0, 0.05) is 10.9 Å². The highest BCUT2D eigenvalue weighted by molar-refractivity contribution is 7.14. The molecule has 0 atom stereocenters. The fraction of sp³-hybridized carbons (Fsp3) is 0.125. The number of hydrogen-bond donors (Lipinski definition) is 1. The summed E-state index contributed by atoms with van der Waals surface area (Å²) < 4.78 is 5.13. The topological polar surface area (TPSA) is 55.1 Å². The highest BCUT2D eigenvalue weighted by Crippen LogP contribution is 2.25. The van der Waals surface area contributed by atoms with Crippen LogP contribution in [0.1, 0.15) is 21.7 Å². The maximum atomic E-state index is 12.1. The van der Waals surface area contributed by atoms with E-state index in [1.165, 1.54) is 23.2 Å². The van der Waals surface area contributed by atoms with Crippen molar-refractivity contribution in [2.75, 3.05) is 5.32 Å². The van der Waals surface area contributed by atoms with E-state index in [0.717, 1.165) is 11.3 Å². The minimum atomic E-state index is -0.203. The molecule has 0 spiro atoms. The second kappa shape index (κ2) is 5.54. The summed E-state index contributed by atoms with van der Waals surface area (Å²) in [5, 5.41) is 5.31. The zero-order valence-electron chi connectivity index (χ0n) is 11.7. The van der Waals surface area contributed by atoms with Gasteiger partial charge in [0.1, 0.15) is 5.76 Å². The molecule has 0 saturated carbocycles. The first-order valence-corrected chi connectivity index (χ1v) is 7.39. The summed E-state index contributed by atoms with van der Waals surface area (Å²) in [6.07, 6.45) is 1.50. The van der Waals surface area contributed by atoms with Crippen molar-refractivity contribution >= 4 is 22.4 Å². The van der Waals surface area contributed by atoms with E-state index in [4.69, 9.17) is 4.42 Å². The zero-order valence-corrected chi connectivity index (χ0v) is 12.5. The van der Waals surface area contributed by atoms with Gasteiger partial charge < -0.3 is 4.42 Å². The Bertz CT molecular complexity index is 772. The molecule has 1 amide bonds. The Morgan fingerprint density at radius 1 is 1.19 bits per heavy atom. The summed E-state index contributed by atoms with van der Waals surface area (Å²) in [5.74, 6) is 0.397. The Balaban J connectivity index is 1.78. The zero-order chi connectivity index (χ0) is 14.8. The first-order valence-electron chi connectivity index (χ1n) is 6.51. The smallest absolute Gasteiger partial charge is 0.260 e. The van der Waals surface area contributed by atoms with E-state index >= 15 is 0 Å². The monoisotopic (exact) mass is 298 g/mol. The van der Waals surface area contributed by atoms with Gasteiger partial charge in [0.15, 0.2) is 5.13 Å². The molecule has 0 bridgehead atoms. The van der Waals surface area contributed by atoms with Gasteiger partial charge in [-0.15, -0.1) is 11.3 Å². The Kier molecular flexibility index (Phi) is 3.58. The van der Waals surface area contributed by atoms with Gasteiger partial charge in [0.25, 0.3) is 5.91 Å². The average Bonchev–Trinajstić information content (AvgIpc) is 3.09. The molecule has 5 heteroatoms. The molecule has 0 aliphatic carbocycles. The van der Waals surface area contributed by atoms with E-state index in [-0.39, 0.29) is 5.91 Å². The van der Waals surface area contributed by atoms with E-state index in [9.17, 15) is 4.79 Å². The highest BCUT2D eigenvalue weighted by Gasteiger charge is 2.13. The minimum Gasteiger partial charge on any atom is -0.469 e. The molecular formula is C16H14N2O2S. The fourth-order valence-electron chi connectivity index (χ4n) is 1.97. The number of aryl methyl sites for hydroxylation is 2. The predicted molar refractivity (Wildman–Crippen MR) is 83.7 cm³/mol. The van der Waals surface area contributed by atoms with Crippen molar-refractivity contribution < 1.29 is 9.21 Å². The molecule has 0 unspecified atom stereocenters. The Morgan fingerprint density at radius 2 is 1.95 bits per heavy atom. The first kappa shape index (κ1) is 13.6. The van der Waals surface area contributed by atoms with Crippen LogP contribution in [0.25, 0.3) is 11.3 Å². The number of benzene rings is 1. The molecule has 2 heterocycles. The van der Waals surface area contributed by atoms with Crippen molar-refractivity contribution in [1.82, 2.24) is 4.98 Å². The molecule has 21 heavy (non-hydrogen) atoms. The molecule has 3 rings (SSSR count). The lowest BCUT2D eigenvalue weighted by Crippen LogP contribution is -2.11. The molecule has 0 aliphatic rings. The number of nitrogens with zero attached hydrogens (tertiary/aromatic N) is 1. The third-order valence-electron chi connectivity index (χ3n) is 3.18. The maximum Gasteiger partial charge on any atom is 0.260 e. The molecule has 3 aromatic rings. The summed E-state index contributed by atoms with van der Waals surface area (Å²) in [5.41, 5.74) is 3.64. The number of amides is 1. The molecule has 0 radical (unpaired) electrons. The van der Waals surface area contributed by atoms with Gasteiger partial charge in [-0.05, 0) is 19.9 Å². The van der Waals surface area contributed by atoms with Crippen LogP contribution in [-0.2, 0) is 0 Å². The molecular weight excluding hydrogens is 284 g/mol. The summed E-state index contributed by atoms with van der Waals surface area (Å²) in [4.78, 5) is 16.5. The van der Waals surface area contributed by atoms with Crippen molar-refractivity contribution in [2.45, 2.75) is 13.8 Å². The largest absolute Gasteiger partial charge is 0.469 e. The van der Waals surface area contributed by atoms with E-state index in [2.05, 4.69) is 10.3 Å². The molecule has 2 aromatic heterocycles. The molecule has 106 valence electrons. The van der Waals surface area contributed by atoms with Crippen LogP contribution in [-0.4, -0.2) is 10.9 Å². The number of nitrogens with one attached hydrogen (secondary N) is 1. The van der Waals surface area contributed by atoms with Crippen LogP contribution < -0.4 is 5.32 Å². The van der Waals surface area contributed by atoms with E-state index < -0.39 is 0 Å². The Morgan fingerprint density at radius 3 is 2.62 bits per heavy atom. The number of hydrogen-bond acceptors (Lipinski definition) is 4. The fourth-order valence-corrected chi connectivity index (χ4v) is 2.69. The summed E-state index contributed by atoms with van der Waals surface area (Å²) in [6, 6.07) is 9.79. The second-order valence-corrected chi connectivity index (χ2v) is 5.61. The van der Waals surface area contributed by atoms with Gasteiger partial charge in [0.2, 0.25) is 0 Å². The molecule has 0 saturated heterocycles. The lowest BCUT2D eigenvalue weighted by Gasteiger charge is -2.00.